The van der Waals surface area contributed by atoms with E-state index in [1.54, 1.807) is 0 Å². The topological polar surface area (TPSA) is 144 Å². The summed E-state index contributed by atoms with van der Waals surface area (Å²) in [7, 11) is 0. The molecule has 5 N–H and O–H groups in total. The van der Waals surface area contributed by atoms with Crippen molar-refractivity contribution in [3.05, 3.63) is 0 Å². The fourth-order valence-electron chi connectivity index (χ4n) is 0.329. The molecule has 0 amide bonds. The number of carboxylic acids is 2. The molecule has 1 radical (unpaired) electrons. The van der Waals surface area contributed by atoms with Gasteiger partial charge in [0.2, 0.25) is 0 Å². The molecule has 0 heterocycles. The molecule has 8 heteroatoms. The van der Waals surface area contributed by atoms with Crippen LogP contribution in [0.1, 0.15) is 13.8 Å². The van der Waals surface area contributed by atoms with Crippen LogP contribution in [-0.2, 0) is 26.4 Å². The van der Waals surface area contributed by atoms with Gasteiger partial charge in [-0.3, -0.25) is 0 Å². The second-order valence-electron chi connectivity index (χ2n) is 2.31. The van der Waals surface area contributed by atoms with Gasteiger partial charge >= 0.3 is 16.8 Å². The molecule has 0 unspecified atom stereocenters. The van der Waals surface area contributed by atoms with Gasteiger partial charge in [0.15, 0.2) is 0 Å². The summed E-state index contributed by atoms with van der Waals surface area (Å²) in [6.07, 6.45) is 0. The van der Waals surface area contributed by atoms with Crippen LogP contribution in [0.15, 0.2) is 0 Å². The average Bonchev–Trinajstić information content (AvgIpc) is 2.03. The summed E-state index contributed by atoms with van der Waals surface area (Å²) >= 11 is 0. The van der Waals surface area contributed by atoms with Crippen molar-refractivity contribution in [1.82, 2.24) is 5.32 Å². The van der Waals surface area contributed by atoms with Crippen molar-refractivity contribution in [1.29, 1.82) is 0 Å². The standard InChI is InChI=1S/C4H13N3.2C2H4O2.Co/c5-1-3-7-4-2-6;2*1-2(3)4;/h7H,1-6H2;2*1H3,(H,3,4);/q;;;+2/p-2. The van der Waals surface area contributed by atoms with Crippen LogP contribution in [-0.4, -0.2) is 38.1 Å². The summed E-state index contributed by atoms with van der Waals surface area (Å²) in [6.45, 7) is 5.08. The second kappa shape index (κ2) is 23.9. The number of carboxylic acid groups (broad SMARTS) is 2. The molecule has 0 aromatic carbocycles. The van der Waals surface area contributed by atoms with Gasteiger partial charge < -0.3 is 36.6 Å². The zero-order chi connectivity index (χ0) is 12.7. The molecule has 16 heavy (non-hydrogen) atoms. The van der Waals surface area contributed by atoms with Crippen LogP contribution in [0, 0.1) is 0 Å². The third-order valence-electron chi connectivity index (χ3n) is 0.642. The zero-order valence-corrected chi connectivity index (χ0v) is 10.5. The van der Waals surface area contributed by atoms with E-state index in [4.69, 9.17) is 31.3 Å². The van der Waals surface area contributed by atoms with Gasteiger partial charge in [0.1, 0.15) is 0 Å². The Morgan fingerprint density at radius 3 is 1.31 bits per heavy atom. The van der Waals surface area contributed by atoms with E-state index in [9.17, 15) is 0 Å². The van der Waals surface area contributed by atoms with Crippen molar-refractivity contribution in [2.45, 2.75) is 13.8 Å². The number of hydrogen-bond acceptors (Lipinski definition) is 7. The minimum atomic E-state index is -1.08. The predicted molar refractivity (Wildman–Crippen MR) is 52.3 cm³/mol. The minimum Gasteiger partial charge on any atom is -0.550 e. The van der Waals surface area contributed by atoms with Gasteiger partial charge in [0, 0.05) is 38.1 Å². The van der Waals surface area contributed by atoms with Gasteiger partial charge in [-0.25, -0.2) is 0 Å². The summed E-state index contributed by atoms with van der Waals surface area (Å²) in [5.41, 5.74) is 10.3. The Kier molecular flexibility index (Phi) is 36.6. The third kappa shape index (κ3) is 183. The Bertz CT molecular complexity index is 134. The van der Waals surface area contributed by atoms with Crippen molar-refractivity contribution in [3.8, 4) is 0 Å². The smallest absolute Gasteiger partial charge is 0.550 e. The maximum atomic E-state index is 8.89. The molecule has 0 bridgehead atoms. The summed E-state index contributed by atoms with van der Waals surface area (Å²) in [6, 6.07) is 0. The van der Waals surface area contributed by atoms with Crippen LogP contribution in [0.3, 0.4) is 0 Å². The van der Waals surface area contributed by atoms with Gasteiger partial charge in [-0.15, -0.1) is 0 Å². The first-order valence-corrected chi connectivity index (χ1v) is 4.34. The molecule has 0 atom stereocenters. The van der Waals surface area contributed by atoms with E-state index < -0.39 is 11.9 Å². The van der Waals surface area contributed by atoms with Crippen LogP contribution in [0.2, 0.25) is 0 Å². The van der Waals surface area contributed by atoms with E-state index in [0.717, 1.165) is 26.9 Å². The van der Waals surface area contributed by atoms with E-state index in [1.807, 2.05) is 0 Å². The number of aliphatic carboxylic acids is 2. The number of carbonyl (C=O) groups is 2. The van der Waals surface area contributed by atoms with Crippen molar-refractivity contribution in [3.63, 3.8) is 0 Å². The van der Waals surface area contributed by atoms with Crippen LogP contribution in [0.4, 0.5) is 0 Å². The molecule has 0 spiro atoms. The van der Waals surface area contributed by atoms with Crippen molar-refractivity contribution < 1.29 is 36.6 Å². The Balaban J connectivity index is -0.0000000700. The van der Waals surface area contributed by atoms with Crippen molar-refractivity contribution in [2.75, 3.05) is 26.2 Å². The predicted octanol–water partition coefficient (Wildman–Crippen LogP) is -4.00. The normalized spacial score (nSPS) is 7.25. The molecule has 7 nitrogen and oxygen atoms in total. The van der Waals surface area contributed by atoms with Crippen molar-refractivity contribution >= 4 is 11.9 Å². The Morgan fingerprint density at radius 1 is 1.00 bits per heavy atom. The van der Waals surface area contributed by atoms with Crippen molar-refractivity contribution in [2.24, 2.45) is 11.5 Å². The van der Waals surface area contributed by atoms with E-state index in [2.05, 4.69) is 5.32 Å². The van der Waals surface area contributed by atoms with Gasteiger partial charge in [-0.1, -0.05) is 0 Å². The number of nitrogens with two attached hydrogens (primary N) is 2. The fourth-order valence-corrected chi connectivity index (χ4v) is 0.329. The first-order valence-electron chi connectivity index (χ1n) is 4.34. The summed E-state index contributed by atoms with van der Waals surface area (Å²) in [5, 5.41) is 20.8. The van der Waals surface area contributed by atoms with E-state index in [-0.39, 0.29) is 16.8 Å². The Morgan fingerprint density at radius 2 is 1.19 bits per heavy atom. The largest absolute Gasteiger partial charge is 2.00 e. The monoisotopic (exact) mass is 280 g/mol. The third-order valence-corrected chi connectivity index (χ3v) is 0.642. The second-order valence-corrected chi connectivity index (χ2v) is 2.31. The van der Waals surface area contributed by atoms with Crippen LogP contribution >= 0.6 is 0 Å². The summed E-state index contributed by atoms with van der Waals surface area (Å²) in [4.78, 5) is 17.8. The fraction of sp³-hybridized carbons (Fsp3) is 0.750. The van der Waals surface area contributed by atoms with Gasteiger partial charge in [0.25, 0.3) is 0 Å². The maximum Gasteiger partial charge on any atom is 2.00 e. The molecule has 99 valence electrons. The number of hydrogen-bond donors (Lipinski definition) is 3. The maximum absolute atomic E-state index is 8.89. The quantitative estimate of drug-likeness (QED) is 0.445. The molecule has 0 aliphatic rings. The van der Waals surface area contributed by atoms with Gasteiger partial charge in [-0.2, -0.15) is 0 Å². The summed E-state index contributed by atoms with van der Waals surface area (Å²) < 4.78 is 0. The molecule has 0 aromatic heterocycles. The zero-order valence-electron chi connectivity index (χ0n) is 9.45. The molecular formula is C8H19CoN3O4. The molecule has 0 fully saturated rings. The molecular weight excluding hydrogens is 261 g/mol. The van der Waals surface area contributed by atoms with E-state index >= 15 is 0 Å². The SMILES string of the molecule is CC(=O)[O-].CC(=O)[O-].NCCNCCN.[Co+2]. The molecule has 0 aliphatic heterocycles. The molecule has 0 rings (SSSR count). The van der Waals surface area contributed by atoms with Crippen LogP contribution < -0.4 is 27.0 Å². The van der Waals surface area contributed by atoms with E-state index in [1.165, 1.54) is 0 Å². The number of nitrogens with one attached hydrogen (secondary N) is 1. The molecule has 0 aliphatic carbocycles. The van der Waals surface area contributed by atoms with Gasteiger partial charge in [0.05, 0.1) is 0 Å². The number of rotatable bonds is 4. The van der Waals surface area contributed by atoms with Gasteiger partial charge in [-0.05, 0) is 13.8 Å². The Labute approximate surface area is 106 Å². The molecule has 0 saturated carbocycles. The van der Waals surface area contributed by atoms with E-state index in [0.29, 0.717) is 13.1 Å². The number of carbonyl (C=O) groups excluding carboxylic acids is 2. The first-order chi connectivity index (χ1) is 6.88. The summed E-state index contributed by atoms with van der Waals surface area (Å²) in [5.74, 6) is -2.17. The molecule has 0 aromatic rings. The average molecular weight is 280 g/mol. The Hall–Kier alpha value is -0.674. The molecule has 0 saturated heterocycles. The minimum absolute atomic E-state index is 0. The van der Waals surface area contributed by atoms with Crippen LogP contribution in [0.25, 0.3) is 0 Å². The van der Waals surface area contributed by atoms with Crippen LogP contribution in [0.5, 0.6) is 0 Å². The first kappa shape index (κ1) is 24.5.